The Labute approximate surface area is 152 Å². The molecule has 3 aromatic rings. The van der Waals surface area contributed by atoms with Crippen molar-refractivity contribution in [3.05, 3.63) is 76.9 Å². The minimum absolute atomic E-state index is 0.0425. The molecule has 0 aliphatic heterocycles. The third-order valence-electron chi connectivity index (χ3n) is 4.18. The lowest BCUT2D eigenvalue weighted by Crippen LogP contribution is -2.26. The molecule has 6 heteroatoms. The van der Waals surface area contributed by atoms with Crippen molar-refractivity contribution in [2.24, 2.45) is 0 Å². The van der Waals surface area contributed by atoms with Crippen LogP contribution in [0.15, 0.2) is 53.3 Å². The van der Waals surface area contributed by atoms with Gasteiger partial charge in [0, 0.05) is 31.5 Å². The predicted molar refractivity (Wildman–Crippen MR) is 96.8 cm³/mol. The van der Waals surface area contributed by atoms with Gasteiger partial charge in [0.15, 0.2) is 0 Å². The SMILES string of the molecule is Cc1noc(C)c1COc1ccc(C(=O)N(C)Cc2ccncc2)cc1. The Kier molecular flexibility index (Phi) is 5.31. The topological polar surface area (TPSA) is 68.5 Å². The zero-order valence-corrected chi connectivity index (χ0v) is 15.1. The Morgan fingerprint density at radius 1 is 1.12 bits per heavy atom. The van der Waals surface area contributed by atoms with Gasteiger partial charge in [-0.15, -0.1) is 0 Å². The fraction of sp³-hybridized carbons (Fsp3) is 0.250. The van der Waals surface area contributed by atoms with Crippen LogP contribution in [0.4, 0.5) is 0 Å². The first-order chi connectivity index (χ1) is 12.5. The molecule has 1 amide bonds. The van der Waals surface area contributed by atoms with E-state index in [1.165, 1.54) is 0 Å². The van der Waals surface area contributed by atoms with Gasteiger partial charge in [-0.05, 0) is 55.8 Å². The Hall–Kier alpha value is -3.15. The third-order valence-corrected chi connectivity index (χ3v) is 4.18. The third kappa shape index (κ3) is 4.08. The first-order valence-corrected chi connectivity index (χ1v) is 8.33. The van der Waals surface area contributed by atoms with E-state index in [1.54, 1.807) is 48.6 Å². The molecule has 0 aliphatic rings. The Morgan fingerprint density at radius 2 is 1.81 bits per heavy atom. The van der Waals surface area contributed by atoms with Crippen LogP contribution < -0.4 is 4.74 Å². The minimum Gasteiger partial charge on any atom is -0.489 e. The van der Waals surface area contributed by atoms with E-state index in [4.69, 9.17) is 9.26 Å². The van der Waals surface area contributed by atoms with Crippen LogP contribution in [0.3, 0.4) is 0 Å². The molecule has 0 aliphatic carbocycles. The van der Waals surface area contributed by atoms with Gasteiger partial charge >= 0.3 is 0 Å². The lowest BCUT2D eigenvalue weighted by atomic mass is 10.1. The molecule has 3 rings (SSSR count). The summed E-state index contributed by atoms with van der Waals surface area (Å²) >= 11 is 0. The minimum atomic E-state index is -0.0425. The number of hydrogen-bond donors (Lipinski definition) is 0. The fourth-order valence-corrected chi connectivity index (χ4v) is 2.61. The highest BCUT2D eigenvalue weighted by molar-refractivity contribution is 5.94. The van der Waals surface area contributed by atoms with Crippen molar-refractivity contribution >= 4 is 5.91 Å². The van der Waals surface area contributed by atoms with Crippen molar-refractivity contribution in [3.8, 4) is 5.75 Å². The summed E-state index contributed by atoms with van der Waals surface area (Å²) in [6.07, 6.45) is 3.44. The summed E-state index contributed by atoms with van der Waals surface area (Å²) in [5, 5.41) is 3.91. The van der Waals surface area contributed by atoms with Crippen LogP contribution in [-0.2, 0) is 13.2 Å². The maximum absolute atomic E-state index is 12.5. The van der Waals surface area contributed by atoms with Crippen molar-refractivity contribution < 1.29 is 14.1 Å². The van der Waals surface area contributed by atoms with Gasteiger partial charge < -0.3 is 14.2 Å². The normalized spacial score (nSPS) is 10.6. The first kappa shape index (κ1) is 17.7. The number of rotatable bonds is 6. The number of carbonyl (C=O) groups excluding carboxylic acids is 1. The zero-order chi connectivity index (χ0) is 18.5. The second-order valence-electron chi connectivity index (χ2n) is 6.13. The molecule has 2 heterocycles. The van der Waals surface area contributed by atoms with Gasteiger partial charge in [-0.1, -0.05) is 5.16 Å². The van der Waals surface area contributed by atoms with Gasteiger partial charge in [0.25, 0.3) is 5.91 Å². The molecular formula is C20H21N3O3. The summed E-state index contributed by atoms with van der Waals surface area (Å²) in [6.45, 7) is 4.66. The van der Waals surface area contributed by atoms with Gasteiger partial charge in [0.05, 0.1) is 11.3 Å². The van der Waals surface area contributed by atoms with Gasteiger partial charge in [-0.2, -0.15) is 0 Å². The van der Waals surface area contributed by atoms with Crippen LogP contribution in [0.5, 0.6) is 5.75 Å². The maximum atomic E-state index is 12.5. The van der Waals surface area contributed by atoms with E-state index in [2.05, 4.69) is 10.1 Å². The molecule has 0 saturated carbocycles. The zero-order valence-electron chi connectivity index (χ0n) is 15.1. The fourth-order valence-electron chi connectivity index (χ4n) is 2.61. The summed E-state index contributed by atoms with van der Waals surface area (Å²) < 4.78 is 10.9. The standard InChI is InChI=1S/C20H21N3O3/c1-14-19(15(2)26-22-14)13-25-18-6-4-17(5-7-18)20(24)23(3)12-16-8-10-21-11-9-16/h4-11H,12-13H2,1-3H3. The Bertz CT molecular complexity index is 854. The van der Waals surface area contributed by atoms with Crippen LogP contribution in [0.1, 0.15) is 32.9 Å². The second kappa shape index (κ2) is 7.82. The van der Waals surface area contributed by atoms with Gasteiger partial charge in [0.2, 0.25) is 0 Å². The second-order valence-corrected chi connectivity index (χ2v) is 6.13. The van der Waals surface area contributed by atoms with E-state index in [9.17, 15) is 4.79 Å². The van der Waals surface area contributed by atoms with Crippen molar-refractivity contribution in [2.75, 3.05) is 7.05 Å². The lowest BCUT2D eigenvalue weighted by molar-refractivity contribution is 0.0785. The average molecular weight is 351 g/mol. The first-order valence-electron chi connectivity index (χ1n) is 8.33. The van der Waals surface area contributed by atoms with Crippen LogP contribution >= 0.6 is 0 Å². The molecule has 26 heavy (non-hydrogen) atoms. The van der Waals surface area contributed by atoms with E-state index in [0.29, 0.717) is 24.5 Å². The highest BCUT2D eigenvalue weighted by Crippen LogP contribution is 2.18. The number of pyridine rings is 1. The van der Waals surface area contributed by atoms with Gasteiger partial charge in [-0.25, -0.2) is 0 Å². The van der Waals surface area contributed by atoms with Crippen molar-refractivity contribution in [2.45, 2.75) is 27.0 Å². The van der Waals surface area contributed by atoms with E-state index in [-0.39, 0.29) is 5.91 Å². The molecule has 0 spiro atoms. The number of benzene rings is 1. The average Bonchev–Trinajstić information content (AvgIpc) is 2.98. The van der Waals surface area contributed by atoms with Crippen molar-refractivity contribution in [3.63, 3.8) is 0 Å². The number of aromatic nitrogens is 2. The van der Waals surface area contributed by atoms with E-state index >= 15 is 0 Å². The smallest absolute Gasteiger partial charge is 0.253 e. The number of aryl methyl sites for hydroxylation is 2. The van der Waals surface area contributed by atoms with Gasteiger partial charge in [-0.3, -0.25) is 9.78 Å². The molecule has 0 saturated heterocycles. The summed E-state index contributed by atoms with van der Waals surface area (Å²) in [5.41, 5.74) is 3.43. The largest absolute Gasteiger partial charge is 0.489 e. The molecule has 0 unspecified atom stereocenters. The lowest BCUT2D eigenvalue weighted by Gasteiger charge is -2.17. The highest BCUT2D eigenvalue weighted by atomic mass is 16.5. The number of ether oxygens (including phenoxy) is 1. The molecule has 2 aromatic heterocycles. The number of carbonyl (C=O) groups is 1. The van der Waals surface area contributed by atoms with Crippen molar-refractivity contribution in [1.29, 1.82) is 0 Å². The van der Waals surface area contributed by atoms with Crippen molar-refractivity contribution in [1.82, 2.24) is 15.0 Å². The summed E-state index contributed by atoms with van der Waals surface area (Å²) in [6, 6.07) is 10.9. The maximum Gasteiger partial charge on any atom is 0.253 e. The van der Waals surface area contributed by atoms with E-state index in [1.807, 2.05) is 26.0 Å². The molecule has 134 valence electrons. The van der Waals surface area contributed by atoms with E-state index < -0.39 is 0 Å². The van der Waals surface area contributed by atoms with E-state index in [0.717, 1.165) is 22.6 Å². The number of amides is 1. The summed E-state index contributed by atoms with van der Waals surface area (Å²) in [4.78, 5) is 18.2. The van der Waals surface area contributed by atoms with Gasteiger partial charge in [0.1, 0.15) is 18.1 Å². The molecule has 0 bridgehead atoms. The Morgan fingerprint density at radius 3 is 2.42 bits per heavy atom. The quantitative estimate of drug-likeness (QED) is 0.679. The molecular weight excluding hydrogens is 330 g/mol. The molecule has 0 N–H and O–H groups in total. The number of nitrogens with zero attached hydrogens (tertiary/aromatic N) is 3. The molecule has 6 nitrogen and oxygen atoms in total. The molecule has 1 aromatic carbocycles. The van der Waals surface area contributed by atoms with Crippen LogP contribution in [-0.4, -0.2) is 28.0 Å². The Balaban J connectivity index is 1.60. The molecule has 0 radical (unpaired) electrons. The summed E-state index contributed by atoms with van der Waals surface area (Å²) in [5.74, 6) is 1.41. The van der Waals surface area contributed by atoms with Crippen LogP contribution in [0.2, 0.25) is 0 Å². The molecule has 0 atom stereocenters. The number of hydrogen-bond acceptors (Lipinski definition) is 5. The summed E-state index contributed by atoms with van der Waals surface area (Å²) in [7, 11) is 1.78. The monoisotopic (exact) mass is 351 g/mol. The predicted octanol–water partition coefficient (Wildman–Crippen LogP) is 3.54. The highest BCUT2D eigenvalue weighted by Gasteiger charge is 2.13. The van der Waals surface area contributed by atoms with Crippen LogP contribution in [0.25, 0.3) is 0 Å². The van der Waals surface area contributed by atoms with Crippen LogP contribution in [0, 0.1) is 13.8 Å². The molecule has 0 fully saturated rings.